The number of carbonyl (C=O) groups excluding carboxylic acids is 1. The van der Waals surface area contributed by atoms with Crippen molar-refractivity contribution in [1.82, 2.24) is 0 Å². The Bertz CT molecular complexity index is 362. The van der Waals surface area contributed by atoms with Gasteiger partial charge in [-0.15, -0.1) is 0 Å². The normalized spacial score (nSPS) is 9.64. The maximum atomic E-state index is 10.6. The molecule has 0 atom stereocenters. The molecule has 0 saturated carbocycles. The zero-order valence-electron chi connectivity index (χ0n) is 7.70. The molecule has 5 heteroatoms. The fraction of sp³-hybridized carbons (Fsp3) is 0.222. The SMILES string of the molecule is COc1cc(Br)c(C=O)c(O)c1OC. The second-order valence-corrected chi connectivity index (χ2v) is 3.33. The van der Waals surface area contributed by atoms with Gasteiger partial charge >= 0.3 is 0 Å². The summed E-state index contributed by atoms with van der Waals surface area (Å²) in [6.07, 6.45) is 0.543. The van der Waals surface area contributed by atoms with E-state index in [2.05, 4.69) is 15.9 Å². The minimum absolute atomic E-state index is 0.141. The Hall–Kier alpha value is -1.23. The first-order valence-corrected chi connectivity index (χ1v) is 4.53. The van der Waals surface area contributed by atoms with Gasteiger partial charge in [-0.05, 0) is 22.0 Å². The van der Waals surface area contributed by atoms with Gasteiger partial charge in [0.15, 0.2) is 17.8 Å². The molecule has 1 N–H and O–H groups in total. The van der Waals surface area contributed by atoms with Crippen LogP contribution in [0.5, 0.6) is 17.2 Å². The van der Waals surface area contributed by atoms with Crippen molar-refractivity contribution < 1.29 is 19.4 Å². The van der Waals surface area contributed by atoms with Gasteiger partial charge in [0.1, 0.15) is 0 Å². The number of benzene rings is 1. The van der Waals surface area contributed by atoms with E-state index in [0.717, 1.165) is 0 Å². The van der Waals surface area contributed by atoms with E-state index in [1.165, 1.54) is 14.2 Å². The van der Waals surface area contributed by atoms with Gasteiger partial charge in [0, 0.05) is 4.47 Å². The summed E-state index contributed by atoms with van der Waals surface area (Å²) in [6.45, 7) is 0. The van der Waals surface area contributed by atoms with Crippen LogP contribution in [-0.4, -0.2) is 25.6 Å². The maximum Gasteiger partial charge on any atom is 0.203 e. The van der Waals surface area contributed by atoms with Gasteiger partial charge in [-0.1, -0.05) is 0 Å². The van der Waals surface area contributed by atoms with Gasteiger partial charge in [-0.25, -0.2) is 0 Å². The van der Waals surface area contributed by atoms with Crippen molar-refractivity contribution in [3.8, 4) is 17.2 Å². The Morgan fingerprint density at radius 2 is 2.07 bits per heavy atom. The Morgan fingerprint density at radius 3 is 2.50 bits per heavy atom. The van der Waals surface area contributed by atoms with E-state index in [-0.39, 0.29) is 17.1 Å². The molecule has 0 aliphatic rings. The molecule has 0 spiro atoms. The van der Waals surface area contributed by atoms with Crippen molar-refractivity contribution >= 4 is 22.2 Å². The quantitative estimate of drug-likeness (QED) is 0.845. The van der Waals surface area contributed by atoms with Crippen LogP contribution in [-0.2, 0) is 0 Å². The van der Waals surface area contributed by atoms with Crippen molar-refractivity contribution in [2.24, 2.45) is 0 Å². The Kier molecular flexibility index (Phi) is 3.35. The second kappa shape index (κ2) is 4.32. The lowest BCUT2D eigenvalue weighted by atomic mass is 10.2. The number of aldehydes is 1. The summed E-state index contributed by atoms with van der Waals surface area (Å²) < 4.78 is 10.3. The van der Waals surface area contributed by atoms with E-state index in [0.29, 0.717) is 16.5 Å². The van der Waals surface area contributed by atoms with Crippen molar-refractivity contribution in [3.05, 3.63) is 16.1 Å². The number of phenolic OH excluding ortho intramolecular Hbond substituents is 1. The molecule has 1 aromatic rings. The highest BCUT2D eigenvalue weighted by Crippen LogP contribution is 2.42. The molecule has 0 saturated heterocycles. The lowest BCUT2D eigenvalue weighted by Gasteiger charge is -2.11. The molecule has 14 heavy (non-hydrogen) atoms. The van der Waals surface area contributed by atoms with Crippen LogP contribution < -0.4 is 9.47 Å². The molecule has 1 rings (SSSR count). The first kappa shape index (κ1) is 10.8. The average molecular weight is 261 g/mol. The zero-order chi connectivity index (χ0) is 10.7. The second-order valence-electron chi connectivity index (χ2n) is 2.47. The van der Waals surface area contributed by atoms with Crippen LogP contribution in [0.4, 0.5) is 0 Å². The Balaban J connectivity index is 3.46. The number of hydrogen-bond acceptors (Lipinski definition) is 4. The van der Waals surface area contributed by atoms with E-state index >= 15 is 0 Å². The topological polar surface area (TPSA) is 55.8 Å². The molecule has 0 fully saturated rings. The van der Waals surface area contributed by atoms with Gasteiger partial charge in [0.25, 0.3) is 0 Å². The molecule has 0 aliphatic heterocycles. The lowest BCUT2D eigenvalue weighted by molar-refractivity contribution is 0.111. The number of methoxy groups -OCH3 is 2. The van der Waals surface area contributed by atoms with Crippen molar-refractivity contribution in [1.29, 1.82) is 0 Å². The first-order valence-electron chi connectivity index (χ1n) is 3.74. The monoisotopic (exact) mass is 260 g/mol. The predicted octanol–water partition coefficient (Wildman–Crippen LogP) is 1.98. The number of aromatic hydroxyl groups is 1. The van der Waals surface area contributed by atoms with Crippen LogP contribution >= 0.6 is 15.9 Å². The van der Waals surface area contributed by atoms with E-state index in [1.807, 2.05) is 0 Å². The number of carbonyl (C=O) groups is 1. The van der Waals surface area contributed by atoms with Crippen molar-refractivity contribution in [3.63, 3.8) is 0 Å². The highest BCUT2D eigenvalue weighted by molar-refractivity contribution is 9.10. The predicted molar refractivity (Wildman–Crippen MR) is 54.3 cm³/mol. The molecule has 1 aromatic carbocycles. The van der Waals surface area contributed by atoms with Crippen LogP contribution in [0.15, 0.2) is 10.5 Å². The molecule has 0 aromatic heterocycles. The first-order chi connectivity index (χ1) is 6.65. The molecular weight excluding hydrogens is 252 g/mol. The zero-order valence-corrected chi connectivity index (χ0v) is 9.29. The van der Waals surface area contributed by atoms with Gasteiger partial charge in [0.05, 0.1) is 19.8 Å². The third kappa shape index (κ3) is 1.68. The van der Waals surface area contributed by atoms with E-state index in [9.17, 15) is 9.90 Å². The molecule has 0 heterocycles. The minimum Gasteiger partial charge on any atom is -0.504 e. The highest BCUT2D eigenvalue weighted by Gasteiger charge is 2.17. The molecule has 0 aliphatic carbocycles. The van der Waals surface area contributed by atoms with Crippen molar-refractivity contribution in [2.75, 3.05) is 14.2 Å². The summed E-state index contributed by atoms with van der Waals surface area (Å²) in [5.74, 6) is 0.286. The number of rotatable bonds is 3. The minimum atomic E-state index is -0.228. The fourth-order valence-corrected chi connectivity index (χ4v) is 1.56. The van der Waals surface area contributed by atoms with Gasteiger partial charge < -0.3 is 14.6 Å². The average Bonchev–Trinajstić information content (AvgIpc) is 2.17. The molecule has 0 unspecified atom stereocenters. The van der Waals surface area contributed by atoms with Gasteiger partial charge in [-0.2, -0.15) is 0 Å². The number of ether oxygens (including phenoxy) is 2. The van der Waals surface area contributed by atoms with Crippen LogP contribution in [0.25, 0.3) is 0 Å². The Labute approximate surface area is 89.6 Å². The third-order valence-electron chi connectivity index (χ3n) is 1.75. The maximum absolute atomic E-state index is 10.6. The Morgan fingerprint density at radius 1 is 1.43 bits per heavy atom. The van der Waals surface area contributed by atoms with Crippen molar-refractivity contribution in [2.45, 2.75) is 0 Å². The standard InChI is InChI=1S/C9H9BrO4/c1-13-7-3-6(10)5(4-11)8(12)9(7)14-2/h3-4,12H,1-2H3. The van der Waals surface area contributed by atoms with Crippen LogP contribution in [0.3, 0.4) is 0 Å². The summed E-state index contributed by atoms with van der Waals surface area (Å²) in [5, 5.41) is 9.62. The molecule has 4 nitrogen and oxygen atoms in total. The third-order valence-corrected chi connectivity index (χ3v) is 2.41. The molecule has 0 amide bonds. The number of phenols is 1. The van der Waals surface area contributed by atoms with E-state index in [4.69, 9.17) is 9.47 Å². The summed E-state index contributed by atoms with van der Waals surface area (Å²) in [5.41, 5.74) is 0.141. The molecular formula is C9H9BrO4. The summed E-state index contributed by atoms with van der Waals surface area (Å²) in [7, 11) is 2.84. The van der Waals surface area contributed by atoms with Crippen LogP contribution in [0, 0.1) is 0 Å². The highest BCUT2D eigenvalue weighted by atomic mass is 79.9. The van der Waals surface area contributed by atoms with Crippen LogP contribution in [0.1, 0.15) is 10.4 Å². The number of hydrogen-bond donors (Lipinski definition) is 1. The molecule has 0 bridgehead atoms. The summed E-state index contributed by atoms with van der Waals surface area (Å²) in [6, 6.07) is 1.56. The van der Waals surface area contributed by atoms with E-state index < -0.39 is 0 Å². The summed E-state index contributed by atoms with van der Waals surface area (Å²) >= 11 is 3.14. The summed E-state index contributed by atoms with van der Waals surface area (Å²) in [4.78, 5) is 10.6. The number of halogens is 1. The van der Waals surface area contributed by atoms with Crippen LogP contribution in [0.2, 0.25) is 0 Å². The van der Waals surface area contributed by atoms with Gasteiger partial charge in [0.2, 0.25) is 5.75 Å². The molecule has 0 radical (unpaired) electrons. The lowest BCUT2D eigenvalue weighted by Crippen LogP contribution is -1.94. The van der Waals surface area contributed by atoms with Gasteiger partial charge in [-0.3, -0.25) is 4.79 Å². The molecule has 76 valence electrons. The largest absolute Gasteiger partial charge is 0.504 e. The fourth-order valence-electron chi connectivity index (χ4n) is 1.07. The van der Waals surface area contributed by atoms with E-state index in [1.54, 1.807) is 6.07 Å². The smallest absolute Gasteiger partial charge is 0.203 e.